The molecular weight excluding hydrogens is 356 g/mol. The summed E-state index contributed by atoms with van der Waals surface area (Å²) in [6, 6.07) is 21.5. The van der Waals surface area contributed by atoms with Crippen molar-refractivity contribution in [2.45, 2.75) is 17.7 Å². The molecule has 2 amide bonds. The fourth-order valence-electron chi connectivity index (χ4n) is 2.92. The van der Waals surface area contributed by atoms with Crippen LogP contribution in [0.25, 0.3) is 10.8 Å². The lowest BCUT2D eigenvalue weighted by atomic mass is 10.1. The fourth-order valence-corrected chi connectivity index (χ4v) is 3.68. The van der Waals surface area contributed by atoms with Crippen molar-refractivity contribution in [3.63, 3.8) is 0 Å². The molecule has 0 spiro atoms. The third-order valence-corrected chi connectivity index (χ3v) is 5.48. The van der Waals surface area contributed by atoms with Gasteiger partial charge in [0, 0.05) is 27.6 Å². The minimum absolute atomic E-state index is 0.0521. The zero-order valence-corrected chi connectivity index (χ0v) is 15.6. The van der Waals surface area contributed by atoms with E-state index in [2.05, 4.69) is 10.6 Å². The van der Waals surface area contributed by atoms with E-state index in [9.17, 15) is 9.59 Å². The molecule has 5 heteroatoms. The first kappa shape index (κ1) is 17.6. The van der Waals surface area contributed by atoms with Crippen molar-refractivity contribution in [2.24, 2.45) is 5.92 Å². The van der Waals surface area contributed by atoms with Crippen molar-refractivity contribution in [3.05, 3.63) is 66.7 Å². The average molecular weight is 376 g/mol. The molecule has 136 valence electrons. The highest BCUT2D eigenvalue weighted by Crippen LogP contribution is 2.31. The molecule has 2 N–H and O–H groups in total. The predicted octanol–water partition coefficient (Wildman–Crippen LogP) is 4.92. The van der Waals surface area contributed by atoms with Crippen LogP contribution in [0.4, 0.5) is 11.4 Å². The van der Waals surface area contributed by atoms with Gasteiger partial charge >= 0.3 is 0 Å². The summed E-state index contributed by atoms with van der Waals surface area (Å²) in [5.41, 5.74) is 1.61. The maximum absolute atomic E-state index is 12.4. The fraction of sp³-hybridized carbons (Fsp3) is 0.182. The topological polar surface area (TPSA) is 58.2 Å². The first-order valence-corrected chi connectivity index (χ1v) is 9.99. The molecule has 0 atom stereocenters. The Kier molecular flexibility index (Phi) is 5.12. The second-order valence-corrected chi connectivity index (χ2v) is 7.70. The summed E-state index contributed by atoms with van der Waals surface area (Å²) >= 11 is 1.46. The van der Waals surface area contributed by atoms with E-state index in [0.29, 0.717) is 5.75 Å². The number of amides is 2. The van der Waals surface area contributed by atoms with Gasteiger partial charge in [0.1, 0.15) is 0 Å². The zero-order chi connectivity index (χ0) is 18.6. The van der Waals surface area contributed by atoms with E-state index in [0.717, 1.165) is 39.9 Å². The van der Waals surface area contributed by atoms with Crippen molar-refractivity contribution < 1.29 is 9.59 Å². The van der Waals surface area contributed by atoms with E-state index in [1.807, 2.05) is 66.7 Å². The van der Waals surface area contributed by atoms with Crippen LogP contribution in [0.1, 0.15) is 12.8 Å². The Morgan fingerprint density at radius 2 is 1.70 bits per heavy atom. The predicted molar refractivity (Wildman–Crippen MR) is 111 cm³/mol. The Labute approximate surface area is 162 Å². The second-order valence-electron chi connectivity index (χ2n) is 6.65. The maximum atomic E-state index is 12.4. The van der Waals surface area contributed by atoms with Crippen LogP contribution in [0.2, 0.25) is 0 Å². The third kappa shape index (κ3) is 4.49. The largest absolute Gasteiger partial charge is 0.326 e. The van der Waals surface area contributed by atoms with Gasteiger partial charge in [-0.15, -0.1) is 11.8 Å². The molecule has 0 unspecified atom stereocenters. The van der Waals surface area contributed by atoms with E-state index in [-0.39, 0.29) is 17.7 Å². The lowest BCUT2D eigenvalue weighted by molar-refractivity contribution is -0.117. The Balaban J connectivity index is 1.37. The highest BCUT2D eigenvalue weighted by molar-refractivity contribution is 8.00. The number of rotatable bonds is 6. The molecule has 0 heterocycles. The van der Waals surface area contributed by atoms with Gasteiger partial charge in [-0.25, -0.2) is 0 Å². The molecular formula is C22H20N2O2S. The molecule has 1 saturated carbocycles. The standard InChI is InChI=1S/C22H20N2O2S/c25-21(24-20-10-3-6-15-5-1-2-9-19(15)20)14-27-18-8-4-7-17(13-18)23-22(26)16-11-12-16/h1-10,13,16H,11-12,14H2,(H,23,26)(H,24,25). The molecule has 4 nitrogen and oxygen atoms in total. The number of carbonyl (C=O) groups excluding carboxylic acids is 2. The van der Waals surface area contributed by atoms with E-state index < -0.39 is 0 Å². The van der Waals surface area contributed by atoms with Gasteiger partial charge in [-0.05, 0) is 42.5 Å². The van der Waals surface area contributed by atoms with E-state index in [4.69, 9.17) is 0 Å². The van der Waals surface area contributed by atoms with Gasteiger partial charge in [0.25, 0.3) is 0 Å². The monoisotopic (exact) mass is 376 g/mol. The number of fused-ring (bicyclic) bond motifs is 1. The molecule has 0 saturated heterocycles. The minimum atomic E-state index is -0.0521. The summed E-state index contributed by atoms with van der Waals surface area (Å²) in [4.78, 5) is 25.2. The molecule has 3 aromatic carbocycles. The summed E-state index contributed by atoms with van der Waals surface area (Å²) in [6.45, 7) is 0. The minimum Gasteiger partial charge on any atom is -0.326 e. The number of nitrogens with one attached hydrogen (secondary N) is 2. The molecule has 3 aromatic rings. The Bertz CT molecular complexity index is 993. The highest BCUT2D eigenvalue weighted by atomic mass is 32.2. The maximum Gasteiger partial charge on any atom is 0.234 e. The van der Waals surface area contributed by atoms with Crippen molar-refractivity contribution in [1.82, 2.24) is 0 Å². The van der Waals surface area contributed by atoms with Gasteiger partial charge in [0.2, 0.25) is 11.8 Å². The van der Waals surface area contributed by atoms with Crippen molar-refractivity contribution in [3.8, 4) is 0 Å². The number of hydrogen-bond donors (Lipinski definition) is 2. The Hall–Kier alpha value is -2.79. The molecule has 1 fully saturated rings. The summed E-state index contributed by atoms with van der Waals surface area (Å²) in [5, 5.41) is 8.06. The van der Waals surface area contributed by atoms with E-state index in [1.165, 1.54) is 11.8 Å². The van der Waals surface area contributed by atoms with Crippen molar-refractivity contribution in [2.75, 3.05) is 16.4 Å². The summed E-state index contributed by atoms with van der Waals surface area (Å²) in [7, 11) is 0. The first-order chi connectivity index (χ1) is 13.2. The average Bonchev–Trinajstić information content (AvgIpc) is 3.52. The van der Waals surface area contributed by atoms with Gasteiger partial charge < -0.3 is 10.6 Å². The number of thioether (sulfide) groups is 1. The summed E-state index contributed by atoms with van der Waals surface area (Å²) < 4.78 is 0. The molecule has 0 aromatic heterocycles. The molecule has 0 radical (unpaired) electrons. The summed E-state index contributed by atoms with van der Waals surface area (Å²) in [6.07, 6.45) is 1.96. The van der Waals surface area contributed by atoms with Crippen LogP contribution < -0.4 is 10.6 Å². The van der Waals surface area contributed by atoms with Gasteiger partial charge in [0.15, 0.2) is 0 Å². The van der Waals surface area contributed by atoms with Crippen LogP contribution in [-0.4, -0.2) is 17.6 Å². The van der Waals surface area contributed by atoms with Crippen molar-refractivity contribution in [1.29, 1.82) is 0 Å². The van der Waals surface area contributed by atoms with Crippen molar-refractivity contribution >= 4 is 45.7 Å². The van der Waals surface area contributed by atoms with Crippen LogP contribution in [0, 0.1) is 5.92 Å². The van der Waals surface area contributed by atoms with Crippen LogP contribution in [-0.2, 0) is 9.59 Å². The molecule has 27 heavy (non-hydrogen) atoms. The smallest absolute Gasteiger partial charge is 0.234 e. The van der Waals surface area contributed by atoms with Gasteiger partial charge in [-0.2, -0.15) is 0 Å². The number of benzene rings is 3. The van der Waals surface area contributed by atoms with E-state index >= 15 is 0 Å². The second kappa shape index (κ2) is 7.84. The molecule has 1 aliphatic carbocycles. The van der Waals surface area contributed by atoms with Gasteiger partial charge in [0.05, 0.1) is 5.75 Å². The third-order valence-electron chi connectivity index (χ3n) is 4.48. The Morgan fingerprint density at radius 1 is 0.926 bits per heavy atom. The SMILES string of the molecule is O=C(CSc1cccc(NC(=O)C2CC2)c1)Nc1cccc2ccccc12. The lowest BCUT2D eigenvalue weighted by Crippen LogP contribution is -2.14. The first-order valence-electron chi connectivity index (χ1n) is 9.00. The van der Waals surface area contributed by atoms with Gasteiger partial charge in [-0.1, -0.05) is 42.5 Å². The van der Waals surface area contributed by atoms with Crippen LogP contribution in [0.3, 0.4) is 0 Å². The number of anilines is 2. The van der Waals surface area contributed by atoms with Crippen LogP contribution >= 0.6 is 11.8 Å². The molecule has 1 aliphatic rings. The molecule has 4 rings (SSSR count). The lowest BCUT2D eigenvalue weighted by Gasteiger charge is -2.09. The highest BCUT2D eigenvalue weighted by Gasteiger charge is 2.29. The zero-order valence-electron chi connectivity index (χ0n) is 14.8. The van der Waals surface area contributed by atoms with Crippen LogP contribution in [0.15, 0.2) is 71.6 Å². The van der Waals surface area contributed by atoms with E-state index in [1.54, 1.807) is 0 Å². The quantitative estimate of drug-likeness (QED) is 0.601. The summed E-state index contributed by atoms with van der Waals surface area (Å²) in [5.74, 6) is 0.519. The number of carbonyl (C=O) groups is 2. The van der Waals surface area contributed by atoms with Gasteiger partial charge in [-0.3, -0.25) is 9.59 Å². The normalized spacial score (nSPS) is 13.3. The Morgan fingerprint density at radius 3 is 2.56 bits per heavy atom. The molecule has 0 aliphatic heterocycles. The van der Waals surface area contributed by atoms with Crippen LogP contribution in [0.5, 0.6) is 0 Å². The molecule has 0 bridgehead atoms. The number of hydrogen-bond acceptors (Lipinski definition) is 3.